The summed E-state index contributed by atoms with van der Waals surface area (Å²) in [5, 5.41) is 0. The van der Waals surface area contributed by atoms with Gasteiger partial charge in [-0.25, -0.2) is 0 Å². The molecule has 0 saturated carbocycles. The van der Waals surface area contributed by atoms with E-state index < -0.39 is 12.1 Å². The molecule has 1 fully saturated rings. The highest BCUT2D eigenvalue weighted by atomic mass is 35.5. The lowest BCUT2D eigenvalue weighted by atomic mass is 9.99. The lowest BCUT2D eigenvalue weighted by Gasteiger charge is -2.33. The van der Waals surface area contributed by atoms with Gasteiger partial charge in [-0.15, -0.1) is 12.4 Å². The summed E-state index contributed by atoms with van der Waals surface area (Å²) >= 11 is 0. The minimum absolute atomic E-state index is 0. The van der Waals surface area contributed by atoms with Gasteiger partial charge >= 0.3 is 5.97 Å². The third-order valence-electron chi connectivity index (χ3n) is 5.28. The average Bonchev–Trinajstić information content (AvgIpc) is 2.75. The van der Waals surface area contributed by atoms with Crippen LogP contribution in [-0.2, 0) is 32.2 Å². The van der Waals surface area contributed by atoms with Crippen molar-refractivity contribution in [1.82, 2.24) is 0 Å². The van der Waals surface area contributed by atoms with Crippen LogP contribution in [0.3, 0.4) is 0 Å². The number of cyclic esters (lactones) is 1. The number of hydrogen-bond donors (Lipinski definition) is 1. The lowest BCUT2D eigenvalue weighted by molar-refractivity contribution is -0.173. The van der Waals surface area contributed by atoms with Crippen molar-refractivity contribution in [3.05, 3.63) is 71.8 Å². The molecule has 0 spiro atoms. The molecular weight excluding hydrogens is 402 g/mol. The molecule has 2 aromatic carbocycles. The van der Waals surface area contributed by atoms with E-state index in [1.165, 1.54) is 0 Å². The van der Waals surface area contributed by atoms with Crippen LogP contribution in [-0.4, -0.2) is 30.3 Å². The fourth-order valence-electron chi connectivity index (χ4n) is 3.60. The summed E-state index contributed by atoms with van der Waals surface area (Å²) in [6.07, 6.45) is 2.27. The van der Waals surface area contributed by atoms with Crippen LogP contribution in [0, 0.1) is 0 Å². The Morgan fingerprint density at radius 2 is 1.43 bits per heavy atom. The Kier molecular flexibility index (Phi) is 10.3. The minimum atomic E-state index is -0.575. The van der Waals surface area contributed by atoms with E-state index in [9.17, 15) is 4.79 Å². The van der Waals surface area contributed by atoms with Crippen molar-refractivity contribution in [2.75, 3.05) is 0 Å². The van der Waals surface area contributed by atoms with E-state index in [0.29, 0.717) is 19.6 Å². The van der Waals surface area contributed by atoms with E-state index in [4.69, 9.17) is 19.9 Å². The first-order valence-corrected chi connectivity index (χ1v) is 10.4. The number of carbonyl (C=O) groups is 1. The van der Waals surface area contributed by atoms with E-state index >= 15 is 0 Å². The van der Waals surface area contributed by atoms with Crippen molar-refractivity contribution < 1.29 is 19.0 Å². The van der Waals surface area contributed by atoms with Gasteiger partial charge < -0.3 is 19.9 Å². The zero-order valence-electron chi connectivity index (χ0n) is 17.4. The summed E-state index contributed by atoms with van der Waals surface area (Å²) in [6, 6.07) is 19.5. The maximum Gasteiger partial charge on any atom is 0.323 e. The number of nitrogens with two attached hydrogens (primary N) is 1. The molecule has 5 nitrogen and oxygen atoms in total. The van der Waals surface area contributed by atoms with E-state index in [1.807, 2.05) is 67.6 Å². The van der Waals surface area contributed by atoms with Crippen molar-refractivity contribution in [2.45, 2.75) is 70.2 Å². The molecule has 1 aliphatic heterocycles. The molecule has 164 valence electrons. The Morgan fingerprint density at radius 1 is 0.900 bits per heavy atom. The first-order valence-electron chi connectivity index (χ1n) is 10.4. The molecule has 0 amide bonds. The molecule has 1 heterocycles. The van der Waals surface area contributed by atoms with Crippen molar-refractivity contribution in [3.8, 4) is 0 Å². The second-order valence-corrected chi connectivity index (χ2v) is 7.63. The molecule has 0 aromatic heterocycles. The second kappa shape index (κ2) is 12.7. The number of benzene rings is 2. The SMILES string of the molecule is C[C@@H]1OC(=O)[C@@H](N)CCCC[C@H](OCc2ccccc2)[C@H]1OCc1ccccc1.Cl. The molecule has 4 atom stereocenters. The van der Waals surface area contributed by atoms with Crippen molar-refractivity contribution in [3.63, 3.8) is 0 Å². The van der Waals surface area contributed by atoms with Crippen LogP contribution in [0.5, 0.6) is 0 Å². The van der Waals surface area contributed by atoms with E-state index in [2.05, 4.69) is 0 Å². The van der Waals surface area contributed by atoms with Gasteiger partial charge in [0, 0.05) is 0 Å². The Bertz CT molecular complexity index is 743. The normalized spacial score (nSPS) is 25.1. The first kappa shape index (κ1) is 24.4. The number of ether oxygens (including phenoxy) is 3. The summed E-state index contributed by atoms with van der Waals surface area (Å²) < 4.78 is 18.2. The van der Waals surface area contributed by atoms with Crippen LogP contribution in [0.2, 0.25) is 0 Å². The van der Waals surface area contributed by atoms with Gasteiger partial charge in [-0.05, 0) is 30.9 Å². The molecule has 1 saturated heterocycles. The smallest absolute Gasteiger partial charge is 0.323 e. The Morgan fingerprint density at radius 3 is 2.03 bits per heavy atom. The quantitative estimate of drug-likeness (QED) is 0.683. The summed E-state index contributed by atoms with van der Waals surface area (Å²) in [5.74, 6) is -0.366. The Hall–Kier alpha value is -1.92. The largest absolute Gasteiger partial charge is 0.459 e. The number of carbonyl (C=O) groups excluding carboxylic acids is 1. The zero-order valence-corrected chi connectivity index (χ0v) is 18.3. The van der Waals surface area contributed by atoms with Gasteiger partial charge in [0.25, 0.3) is 0 Å². The molecule has 0 bridgehead atoms. The maximum atomic E-state index is 12.3. The topological polar surface area (TPSA) is 70.8 Å². The van der Waals surface area contributed by atoms with Gasteiger partial charge in [0.1, 0.15) is 18.2 Å². The van der Waals surface area contributed by atoms with Crippen LogP contribution >= 0.6 is 12.4 Å². The highest BCUT2D eigenvalue weighted by molar-refractivity contribution is 5.85. The summed E-state index contributed by atoms with van der Waals surface area (Å²) in [7, 11) is 0. The zero-order chi connectivity index (χ0) is 20.5. The van der Waals surface area contributed by atoms with Crippen LogP contribution < -0.4 is 5.73 Å². The Labute approximate surface area is 185 Å². The number of rotatable bonds is 6. The van der Waals surface area contributed by atoms with E-state index in [0.717, 1.165) is 30.4 Å². The molecule has 6 heteroatoms. The maximum absolute atomic E-state index is 12.3. The van der Waals surface area contributed by atoms with Gasteiger partial charge in [0.2, 0.25) is 0 Å². The fourth-order valence-corrected chi connectivity index (χ4v) is 3.60. The van der Waals surface area contributed by atoms with Crippen LogP contribution in [0.1, 0.15) is 43.7 Å². The van der Waals surface area contributed by atoms with E-state index in [1.54, 1.807) is 0 Å². The highest BCUT2D eigenvalue weighted by Crippen LogP contribution is 2.23. The van der Waals surface area contributed by atoms with Crippen molar-refractivity contribution in [2.24, 2.45) is 5.73 Å². The number of hydrogen-bond acceptors (Lipinski definition) is 5. The van der Waals surface area contributed by atoms with Gasteiger partial charge in [0.15, 0.2) is 0 Å². The number of halogens is 1. The number of esters is 1. The molecule has 0 unspecified atom stereocenters. The first-order chi connectivity index (χ1) is 14.1. The standard InChI is InChI=1S/C24H31NO4.ClH/c1-18-23(28-17-20-12-6-3-7-13-20)22(27-16-19-10-4-2-5-11-19)15-9-8-14-21(25)24(26)29-18;/h2-7,10-13,18,21-23H,8-9,14-17,25H2,1H3;1H/t18-,21-,22-,23-;/m0./s1. The van der Waals surface area contributed by atoms with Crippen LogP contribution in [0.4, 0.5) is 0 Å². The molecule has 0 aliphatic carbocycles. The third-order valence-corrected chi connectivity index (χ3v) is 5.28. The van der Waals surface area contributed by atoms with Crippen LogP contribution in [0.15, 0.2) is 60.7 Å². The summed E-state index contributed by atoms with van der Waals surface area (Å²) in [6.45, 7) is 2.79. The minimum Gasteiger partial charge on any atom is -0.459 e. The van der Waals surface area contributed by atoms with Gasteiger partial charge in [-0.3, -0.25) is 4.79 Å². The molecular formula is C24H32ClNO4. The molecule has 1 aliphatic rings. The molecule has 0 radical (unpaired) electrons. The molecule has 2 N–H and O–H groups in total. The van der Waals surface area contributed by atoms with Crippen molar-refractivity contribution in [1.29, 1.82) is 0 Å². The Balaban J connectivity index is 0.00000320. The summed E-state index contributed by atoms with van der Waals surface area (Å²) in [5.41, 5.74) is 8.14. The molecule has 3 rings (SSSR count). The highest BCUT2D eigenvalue weighted by Gasteiger charge is 2.33. The molecule has 30 heavy (non-hydrogen) atoms. The predicted molar refractivity (Wildman–Crippen MR) is 119 cm³/mol. The van der Waals surface area contributed by atoms with E-state index in [-0.39, 0.29) is 30.6 Å². The van der Waals surface area contributed by atoms with Crippen LogP contribution in [0.25, 0.3) is 0 Å². The average molecular weight is 434 g/mol. The lowest BCUT2D eigenvalue weighted by Crippen LogP contribution is -2.45. The fraction of sp³-hybridized carbons (Fsp3) is 0.458. The monoisotopic (exact) mass is 433 g/mol. The second-order valence-electron chi connectivity index (χ2n) is 7.63. The van der Waals surface area contributed by atoms with Crippen molar-refractivity contribution >= 4 is 18.4 Å². The van der Waals surface area contributed by atoms with Gasteiger partial charge in [0.05, 0.1) is 19.3 Å². The predicted octanol–water partition coefficient (Wildman–Crippen LogP) is 4.41. The summed E-state index contributed by atoms with van der Waals surface area (Å²) in [4.78, 5) is 12.3. The van der Waals surface area contributed by atoms with Gasteiger partial charge in [-0.1, -0.05) is 73.5 Å². The molecule has 2 aromatic rings. The third kappa shape index (κ3) is 7.40. The van der Waals surface area contributed by atoms with Gasteiger partial charge in [-0.2, -0.15) is 0 Å².